The first kappa shape index (κ1) is 19.9. The number of carbonyl (C=O) groups excluding carboxylic acids is 2. The van der Waals surface area contributed by atoms with E-state index in [0.29, 0.717) is 24.8 Å². The summed E-state index contributed by atoms with van der Waals surface area (Å²) < 4.78 is 16.9. The smallest absolute Gasteiger partial charge is 0.190 e. The molecule has 3 N–H and O–H groups in total. The van der Waals surface area contributed by atoms with Gasteiger partial charge < -0.3 is 15.3 Å². The molecule has 6 heteroatoms. The summed E-state index contributed by atoms with van der Waals surface area (Å²) in [6.45, 7) is 4.48. The molecule has 0 spiro atoms. The van der Waals surface area contributed by atoms with Gasteiger partial charge in [0.25, 0.3) is 0 Å². The summed E-state index contributed by atoms with van der Waals surface area (Å²) in [4.78, 5) is 24.4. The van der Waals surface area contributed by atoms with Gasteiger partial charge in [-0.05, 0) is 56.6 Å². The Balaban J connectivity index is 1.84. The quantitative estimate of drug-likeness (QED) is 0.667. The van der Waals surface area contributed by atoms with Gasteiger partial charge >= 0.3 is 0 Å². The van der Waals surface area contributed by atoms with Crippen molar-refractivity contribution in [2.75, 3.05) is 6.61 Å². The zero-order valence-corrected chi connectivity index (χ0v) is 16.6. The number of fused-ring (bicyclic) bond motifs is 5. The molecule has 0 aromatic rings. The molecule has 0 aromatic carbocycles. The van der Waals surface area contributed by atoms with Gasteiger partial charge in [-0.2, -0.15) is 0 Å². The van der Waals surface area contributed by atoms with Crippen LogP contribution in [0.5, 0.6) is 0 Å². The number of ketones is 2. The Morgan fingerprint density at radius 2 is 2.00 bits per heavy atom. The van der Waals surface area contributed by atoms with Gasteiger partial charge in [0.15, 0.2) is 17.2 Å². The second-order valence-corrected chi connectivity index (χ2v) is 9.75. The Kier molecular flexibility index (Phi) is 4.15. The average molecular weight is 392 g/mol. The van der Waals surface area contributed by atoms with Crippen molar-refractivity contribution in [1.29, 1.82) is 0 Å². The summed E-state index contributed by atoms with van der Waals surface area (Å²) in [5.74, 6) is -2.12. The standard InChI is InChI=1S/C22H29FO5/c1-12-8-16-15-5-4-13-9-14(25)6-7-19(13,2)21(15,23)17(26)10-20(16,3)22(12,28)18(27)11-24/h6-7,9,12,15-17,24,26,28H,4-5,8,10-11H2,1-3H3/t12-,15?,16?,17?,19?,20?,21?,22+/m1/s1. The fourth-order valence-electron chi connectivity index (χ4n) is 7.26. The van der Waals surface area contributed by atoms with Crippen molar-refractivity contribution in [1.82, 2.24) is 0 Å². The van der Waals surface area contributed by atoms with E-state index >= 15 is 4.39 Å². The maximum atomic E-state index is 16.9. The van der Waals surface area contributed by atoms with Gasteiger partial charge in [-0.15, -0.1) is 0 Å². The van der Waals surface area contributed by atoms with Crippen molar-refractivity contribution in [3.05, 3.63) is 23.8 Å². The van der Waals surface area contributed by atoms with Crippen LogP contribution in [-0.2, 0) is 9.59 Å². The molecule has 3 fully saturated rings. The van der Waals surface area contributed by atoms with Gasteiger partial charge in [0, 0.05) is 16.7 Å². The first-order valence-electron chi connectivity index (χ1n) is 10.1. The minimum Gasteiger partial charge on any atom is -0.390 e. The summed E-state index contributed by atoms with van der Waals surface area (Å²) in [7, 11) is 0. The number of alkyl halides is 1. The highest BCUT2D eigenvalue weighted by Crippen LogP contribution is 2.70. The first-order chi connectivity index (χ1) is 13.0. The highest BCUT2D eigenvalue weighted by molar-refractivity contribution is 6.01. The number of aliphatic hydroxyl groups is 3. The molecular weight excluding hydrogens is 363 g/mol. The first-order valence-corrected chi connectivity index (χ1v) is 10.1. The molecule has 0 aromatic heterocycles. The zero-order chi connectivity index (χ0) is 20.7. The van der Waals surface area contributed by atoms with Crippen LogP contribution >= 0.6 is 0 Å². The van der Waals surface area contributed by atoms with Gasteiger partial charge in [0.1, 0.15) is 12.2 Å². The van der Waals surface area contributed by atoms with Crippen molar-refractivity contribution < 1.29 is 29.3 Å². The Hall–Kier alpha value is -1.37. The third kappa shape index (κ3) is 2.01. The van der Waals surface area contributed by atoms with Crippen LogP contribution in [0.1, 0.15) is 46.5 Å². The Morgan fingerprint density at radius 3 is 2.64 bits per heavy atom. The highest BCUT2D eigenvalue weighted by atomic mass is 19.1. The van der Waals surface area contributed by atoms with E-state index in [1.807, 2.05) is 0 Å². The van der Waals surface area contributed by atoms with E-state index in [1.165, 1.54) is 12.2 Å². The number of allylic oxidation sites excluding steroid dienone is 4. The molecule has 5 nitrogen and oxygen atoms in total. The summed E-state index contributed by atoms with van der Waals surface area (Å²) in [5.41, 5.74) is -5.17. The molecule has 4 aliphatic carbocycles. The molecule has 8 atom stereocenters. The number of aliphatic hydroxyl groups excluding tert-OH is 2. The van der Waals surface area contributed by atoms with Crippen LogP contribution in [0.3, 0.4) is 0 Å². The van der Waals surface area contributed by atoms with Crippen LogP contribution < -0.4 is 0 Å². The molecule has 28 heavy (non-hydrogen) atoms. The van der Waals surface area contributed by atoms with Crippen LogP contribution in [0.25, 0.3) is 0 Å². The predicted octanol–water partition coefficient (Wildman–Crippen LogP) is 1.90. The van der Waals surface area contributed by atoms with Gasteiger partial charge in [0.05, 0.1) is 6.10 Å². The van der Waals surface area contributed by atoms with E-state index in [9.17, 15) is 24.9 Å². The number of carbonyl (C=O) groups is 2. The van der Waals surface area contributed by atoms with E-state index in [4.69, 9.17) is 0 Å². The number of hydrogen-bond acceptors (Lipinski definition) is 5. The second kappa shape index (κ2) is 5.83. The average Bonchev–Trinajstić information content (AvgIpc) is 2.84. The van der Waals surface area contributed by atoms with Gasteiger partial charge in [0.2, 0.25) is 0 Å². The van der Waals surface area contributed by atoms with Crippen LogP contribution in [-0.4, -0.2) is 50.9 Å². The Morgan fingerprint density at radius 1 is 1.32 bits per heavy atom. The predicted molar refractivity (Wildman–Crippen MR) is 99.9 cm³/mol. The number of hydrogen-bond donors (Lipinski definition) is 3. The highest BCUT2D eigenvalue weighted by Gasteiger charge is 2.75. The molecule has 3 saturated carbocycles. The molecule has 0 radical (unpaired) electrons. The van der Waals surface area contributed by atoms with Crippen molar-refractivity contribution in [3.8, 4) is 0 Å². The van der Waals surface area contributed by atoms with E-state index in [-0.39, 0.29) is 18.1 Å². The van der Waals surface area contributed by atoms with E-state index in [1.54, 1.807) is 26.8 Å². The van der Waals surface area contributed by atoms with Crippen molar-refractivity contribution in [3.63, 3.8) is 0 Å². The molecule has 0 aliphatic heterocycles. The van der Waals surface area contributed by atoms with Gasteiger partial charge in [-0.1, -0.05) is 25.5 Å². The third-order valence-corrected chi connectivity index (χ3v) is 8.79. The van der Waals surface area contributed by atoms with Crippen molar-refractivity contribution in [2.45, 2.75) is 63.8 Å². The van der Waals surface area contributed by atoms with Crippen LogP contribution in [0.15, 0.2) is 23.8 Å². The number of rotatable bonds is 2. The third-order valence-electron chi connectivity index (χ3n) is 8.79. The Labute approximate surface area is 164 Å². The van der Waals surface area contributed by atoms with Crippen LogP contribution in [0.4, 0.5) is 4.39 Å². The molecule has 0 heterocycles. The van der Waals surface area contributed by atoms with E-state index in [2.05, 4.69) is 0 Å². The van der Waals surface area contributed by atoms with Gasteiger partial charge in [-0.25, -0.2) is 4.39 Å². The number of Topliss-reactive ketones (excluding diaryl/α,β-unsaturated/α-hetero) is 1. The maximum absolute atomic E-state index is 16.9. The summed E-state index contributed by atoms with van der Waals surface area (Å²) in [5, 5.41) is 32.0. The molecule has 6 unspecified atom stereocenters. The van der Waals surface area contributed by atoms with E-state index < -0.39 is 52.4 Å². The molecular formula is C22H29FO5. The van der Waals surface area contributed by atoms with Crippen LogP contribution in [0.2, 0.25) is 0 Å². The SMILES string of the molecule is C[C@@H]1CC2C3CCC4=CC(=O)C=CC4(C)C3(F)C(O)CC2(C)[C@@]1(O)C(=O)CO. The monoisotopic (exact) mass is 392 g/mol. The molecule has 0 saturated heterocycles. The molecule has 4 rings (SSSR count). The van der Waals surface area contributed by atoms with E-state index in [0.717, 1.165) is 0 Å². The second-order valence-electron chi connectivity index (χ2n) is 9.75. The molecule has 154 valence electrons. The van der Waals surface area contributed by atoms with Crippen molar-refractivity contribution >= 4 is 11.6 Å². The van der Waals surface area contributed by atoms with Crippen LogP contribution in [0, 0.1) is 28.6 Å². The fraction of sp³-hybridized carbons (Fsp3) is 0.727. The lowest BCUT2D eigenvalue weighted by molar-refractivity contribution is -0.219. The fourth-order valence-corrected chi connectivity index (χ4v) is 7.26. The number of halogens is 1. The summed E-state index contributed by atoms with van der Waals surface area (Å²) in [6, 6.07) is 0. The lowest BCUT2D eigenvalue weighted by atomic mass is 9.44. The maximum Gasteiger partial charge on any atom is 0.190 e. The van der Waals surface area contributed by atoms with Gasteiger partial charge in [-0.3, -0.25) is 9.59 Å². The summed E-state index contributed by atoms with van der Waals surface area (Å²) >= 11 is 0. The molecule has 0 amide bonds. The topological polar surface area (TPSA) is 94.8 Å². The minimum atomic E-state index is -1.98. The summed E-state index contributed by atoms with van der Waals surface area (Å²) in [6.07, 6.45) is 4.44. The normalized spacial score (nSPS) is 52.5. The lowest BCUT2D eigenvalue weighted by Gasteiger charge is -2.62. The van der Waals surface area contributed by atoms with Crippen molar-refractivity contribution in [2.24, 2.45) is 28.6 Å². The minimum absolute atomic E-state index is 0.0676. The largest absolute Gasteiger partial charge is 0.390 e. The lowest BCUT2D eigenvalue weighted by Crippen LogP contribution is -2.69. The Bertz CT molecular complexity index is 805. The zero-order valence-electron chi connectivity index (χ0n) is 16.6. The molecule has 4 aliphatic rings. The molecule has 0 bridgehead atoms.